The molecule has 20 rings (SSSR count). The van der Waals surface area contributed by atoms with Crippen LogP contribution in [0.1, 0.15) is 11.1 Å². The van der Waals surface area contributed by atoms with Gasteiger partial charge in [0.2, 0.25) is 0 Å². The third kappa shape index (κ3) is 15.2. The highest BCUT2D eigenvalue weighted by Gasteiger charge is 2.21. The van der Waals surface area contributed by atoms with Crippen LogP contribution >= 0.6 is 0 Å². The highest BCUT2D eigenvalue weighted by atomic mass is 15.1. The van der Waals surface area contributed by atoms with E-state index in [0.717, 1.165) is 128 Å². The fraction of sp³-hybridized carbons (Fsp3) is 0.0189. The van der Waals surface area contributed by atoms with Gasteiger partial charge in [-0.1, -0.05) is 400 Å². The minimum atomic E-state index is 0.628. The van der Waals surface area contributed by atoms with Crippen LogP contribution in [0.5, 0.6) is 0 Å². The van der Waals surface area contributed by atoms with Gasteiger partial charge >= 0.3 is 0 Å². The van der Waals surface area contributed by atoms with Crippen LogP contribution in [0.2, 0.25) is 0 Å². The summed E-state index contributed by atoms with van der Waals surface area (Å²) in [5, 5.41) is 4.69. The first-order valence-corrected chi connectivity index (χ1v) is 39.2. The van der Waals surface area contributed by atoms with Gasteiger partial charge in [0.05, 0.1) is 0 Å². The molecule has 0 aliphatic rings. The summed E-state index contributed by atoms with van der Waals surface area (Å²) in [5.74, 6) is 7.69. The number of aryl methyl sites for hydroxylation is 2. The summed E-state index contributed by atoms with van der Waals surface area (Å²) < 4.78 is 0. The lowest BCUT2D eigenvalue weighted by molar-refractivity contribution is 1.07. The average molecular weight is 1510 g/mol. The van der Waals surface area contributed by atoms with Gasteiger partial charge in [0, 0.05) is 66.8 Å². The summed E-state index contributed by atoms with van der Waals surface area (Å²) in [4.78, 5) is 59.3. The fourth-order valence-corrected chi connectivity index (χ4v) is 15.0. The van der Waals surface area contributed by atoms with Crippen LogP contribution in [-0.2, 0) is 0 Å². The molecule has 0 aliphatic heterocycles. The third-order valence-corrected chi connectivity index (χ3v) is 21.1. The van der Waals surface area contributed by atoms with E-state index in [1.165, 1.54) is 16.2 Å². The van der Waals surface area contributed by atoms with E-state index in [-0.39, 0.29) is 0 Å². The van der Waals surface area contributed by atoms with Crippen LogP contribution in [0.15, 0.2) is 400 Å². The Morgan fingerprint density at radius 3 is 0.466 bits per heavy atom. The Balaban J connectivity index is 0.000000157. The molecule has 0 saturated carbocycles. The van der Waals surface area contributed by atoms with E-state index >= 15 is 0 Å². The molecule has 0 fully saturated rings. The Bertz CT molecular complexity index is 6470. The number of fused-ring (bicyclic) bond motifs is 2. The average Bonchev–Trinajstić information content (AvgIpc) is 0.766. The molecule has 0 bridgehead atoms. The molecule has 0 amide bonds. The summed E-state index contributed by atoms with van der Waals surface area (Å²) in [5.41, 5.74) is 22.5. The van der Waals surface area contributed by atoms with Crippen molar-refractivity contribution >= 4 is 21.5 Å². The third-order valence-electron chi connectivity index (χ3n) is 21.1. The molecule has 12 nitrogen and oxygen atoms in total. The topological polar surface area (TPSA) is 155 Å². The van der Waals surface area contributed by atoms with E-state index in [4.69, 9.17) is 59.8 Å². The predicted octanol–water partition coefficient (Wildman–Crippen LogP) is 25.7. The maximum absolute atomic E-state index is 5.00. The molecule has 0 unspecified atom stereocenters. The Labute approximate surface area is 683 Å². The Morgan fingerprint density at radius 1 is 0.119 bits per heavy atom. The molecule has 0 N–H and O–H groups in total. The van der Waals surface area contributed by atoms with Crippen molar-refractivity contribution in [3.8, 4) is 181 Å². The van der Waals surface area contributed by atoms with Crippen molar-refractivity contribution in [1.29, 1.82) is 0 Å². The highest BCUT2D eigenvalue weighted by Crippen LogP contribution is 2.42. The Kier molecular flexibility index (Phi) is 20.0. The second kappa shape index (κ2) is 32.7. The lowest BCUT2D eigenvalue weighted by Gasteiger charge is -2.14. The van der Waals surface area contributed by atoms with Crippen molar-refractivity contribution in [2.45, 2.75) is 13.8 Å². The summed E-state index contributed by atoms with van der Waals surface area (Å²) >= 11 is 0. The summed E-state index contributed by atoms with van der Waals surface area (Å²) in [7, 11) is 0. The number of benzene rings is 16. The predicted molar refractivity (Wildman–Crippen MR) is 478 cm³/mol. The second-order valence-corrected chi connectivity index (χ2v) is 28.8. The minimum Gasteiger partial charge on any atom is -0.208 e. The number of rotatable bonds is 16. The molecule has 12 heteroatoms. The highest BCUT2D eigenvalue weighted by molar-refractivity contribution is 6.08. The molecule has 556 valence electrons. The normalized spacial score (nSPS) is 11.1. The molecule has 4 aromatic heterocycles. The first kappa shape index (κ1) is 72.3. The van der Waals surface area contributed by atoms with E-state index in [0.29, 0.717) is 69.9 Å². The maximum atomic E-state index is 5.00. The van der Waals surface area contributed by atoms with Gasteiger partial charge < -0.3 is 0 Å². The van der Waals surface area contributed by atoms with E-state index in [1.807, 2.05) is 206 Å². The largest absolute Gasteiger partial charge is 0.208 e. The maximum Gasteiger partial charge on any atom is 0.164 e. The molecule has 0 spiro atoms. The lowest BCUT2D eigenvalue weighted by Crippen LogP contribution is -2.01. The molecule has 118 heavy (non-hydrogen) atoms. The SMILES string of the molecule is Cc1ccccc1-c1nc(-c2ccccc2)nc(-c2ccc(-c3cccc4cccc(-c5ccc(-c6nc(-c7ccccc7)nc(-c7ccccc7C)n6)cc5)c34)cc2)n1.c1ccc(-c2nc(-c3ccccc3)nc(-c3ccc(-c4cccc5cccc(-c6ccc(-c7nc(-c8ccccc8)nc(-c8ccccc8)n7)cc6)c45)cc3)n2)cc1. The summed E-state index contributed by atoms with van der Waals surface area (Å²) in [6.07, 6.45) is 0. The molecule has 0 atom stereocenters. The van der Waals surface area contributed by atoms with Gasteiger partial charge in [-0.25, -0.2) is 59.8 Å². The van der Waals surface area contributed by atoms with Crippen LogP contribution in [-0.4, -0.2) is 59.8 Å². The molecular formula is C106H72N12. The van der Waals surface area contributed by atoms with Crippen LogP contribution < -0.4 is 0 Å². The summed E-state index contributed by atoms with van der Waals surface area (Å²) in [6, 6.07) is 137. The van der Waals surface area contributed by atoms with E-state index < -0.39 is 0 Å². The number of nitrogens with zero attached hydrogens (tertiary/aromatic N) is 12. The molecular weight excluding hydrogens is 1440 g/mol. The first-order valence-electron chi connectivity index (χ1n) is 39.2. The zero-order valence-electron chi connectivity index (χ0n) is 64.5. The summed E-state index contributed by atoms with van der Waals surface area (Å²) in [6.45, 7) is 4.17. The molecule has 20 aromatic rings. The van der Waals surface area contributed by atoms with Crippen molar-refractivity contribution in [2.24, 2.45) is 0 Å². The van der Waals surface area contributed by atoms with Gasteiger partial charge in [-0.3, -0.25) is 0 Å². The standard InChI is InChI=1S/C54H38N6.C52H34N6/c1-35-15-9-11-23-44(35)53-57-49(40-17-5-3-6-18-40)55-51(59-53)42-31-27-37(28-32-42)46-25-13-21-39-22-14-26-47(48(39)46)38-29-33-43(34-30-38)52-56-50(41-19-7-4-8-20-41)58-54(60-52)45-24-12-10-16-36(45)2;1-5-15-38(16-6-1)47-53-48(39-17-7-2-8-18-39)56-51(55-47)42-31-27-35(28-32-42)44-25-13-23-37-24-14-26-45(46(37)44)36-29-33-43(34-30-36)52-57-49(40-19-9-3-10-20-40)54-50(58-52)41-21-11-4-12-22-41/h3-34H,1-2H3;1-34H. The monoisotopic (exact) mass is 1510 g/mol. The van der Waals surface area contributed by atoms with Crippen molar-refractivity contribution < 1.29 is 0 Å². The minimum absolute atomic E-state index is 0.628. The van der Waals surface area contributed by atoms with E-state index in [2.05, 4.69) is 208 Å². The smallest absolute Gasteiger partial charge is 0.164 e. The molecule has 16 aromatic carbocycles. The van der Waals surface area contributed by atoms with Crippen LogP contribution in [0.3, 0.4) is 0 Å². The quantitative estimate of drug-likeness (QED) is 0.0904. The molecule has 0 aliphatic carbocycles. The van der Waals surface area contributed by atoms with Gasteiger partial charge in [0.1, 0.15) is 0 Å². The fourth-order valence-electron chi connectivity index (χ4n) is 15.0. The molecule has 0 saturated heterocycles. The lowest BCUT2D eigenvalue weighted by atomic mass is 9.91. The number of aromatic nitrogens is 12. The van der Waals surface area contributed by atoms with Gasteiger partial charge in [0.25, 0.3) is 0 Å². The van der Waals surface area contributed by atoms with Crippen LogP contribution in [0.25, 0.3) is 203 Å². The van der Waals surface area contributed by atoms with Gasteiger partial charge in [0.15, 0.2) is 69.9 Å². The van der Waals surface area contributed by atoms with Crippen LogP contribution in [0.4, 0.5) is 0 Å². The number of hydrogen-bond donors (Lipinski definition) is 0. The van der Waals surface area contributed by atoms with E-state index in [1.54, 1.807) is 0 Å². The molecule has 0 radical (unpaired) electrons. The Hall–Kier alpha value is -15.9. The van der Waals surface area contributed by atoms with Gasteiger partial charge in [-0.2, -0.15) is 0 Å². The Morgan fingerprint density at radius 2 is 0.271 bits per heavy atom. The van der Waals surface area contributed by atoms with Crippen molar-refractivity contribution in [3.63, 3.8) is 0 Å². The van der Waals surface area contributed by atoms with Crippen LogP contribution in [0, 0.1) is 13.8 Å². The van der Waals surface area contributed by atoms with Crippen molar-refractivity contribution in [3.05, 3.63) is 412 Å². The van der Waals surface area contributed by atoms with E-state index in [9.17, 15) is 0 Å². The zero-order chi connectivity index (χ0) is 79.1. The zero-order valence-corrected chi connectivity index (χ0v) is 64.5. The molecule has 4 heterocycles. The van der Waals surface area contributed by atoms with Crippen molar-refractivity contribution in [2.75, 3.05) is 0 Å². The van der Waals surface area contributed by atoms with Crippen molar-refractivity contribution in [1.82, 2.24) is 59.8 Å². The number of hydrogen-bond acceptors (Lipinski definition) is 12. The van der Waals surface area contributed by atoms with Gasteiger partial charge in [-0.15, -0.1) is 0 Å². The van der Waals surface area contributed by atoms with Gasteiger partial charge in [-0.05, 0) is 91.0 Å². The first-order chi connectivity index (χ1) is 58.3. The second-order valence-electron chi connectivity index (χ2n) is 28.8.